The molecule has 1 unspecified atom stereocenters. The molecule has 26 heavy (non-hydrogen) atoms. The molecule has 0 saturated carbocycles. The van der Waals surface area contributed by atoms with Gasteiger partial charge < -0.3 is 15.6 Å². The second-order valence-corrected chi connectivity index (χ2v) is 8.84. The normalized spacial score (nSPS) is 24.4. The van der Waals surface area contributed by atoms with Gasteiger partial charge in [-0.05, 0) is 12.0 Å². The summed E-state index contributed by atoms with van der Waals surface area (Å²) < 4.78 is 20.1. The molecule has 1 fully saturated rings. The number of nitrogens with one attached hydrogen (secondary N) is 2. The third-order valence-corrected chi connectivity index (χ3v) is 6.65. The first-order chi connectivity index (χ1) is 12.5. The third kappa shape index (κ3) is 6.20. The van der Waals surface area contributed by atoms with Crippen LogP contribution >= 0.6 is 30.9 Å². The molecule has 1 heterocycles. The van der Waals surface area contributed by atoms with E-state index in [-0.39, 0.29) is 12.5 Å². The number of amides is 1. The quantitative estimate of drug-likeness (QED) is 0.415. The lowest BCUT2D eigenvalue weighted by molar-refractivity contribution is -0.123. The van der Waals surface area contributed by atoms with Gasteiger partial charge in [-0.2, -0.15) is 0 Å². The molecule has 2 rings (SSSR count). The van der Waals surface area contributed by atoms with Crippen LogP contribution in [0.3, 0.4) is 0 Å². The third-order valence-electron chi connectivity index (χ3n) is 4.00. The molecule has 1 aromatic carbocycles. The summed E-state index contributed by atoms with van der Waals surface area (Å²) in [6.07, 6.45) is 0.429. The summed E-state index contributed by atoms with van der Waals surface area (Å²) in [6, 6.07) is 8.86. The summed E-state index contributed by atoms with van der Waals surface area (Å²) in [5, 5.41) is 5.72. The van der Waals surface area contributed by atoms with Crippen molar-refractivity contribution in [1.29, 1.82) is 0 Å². The van der Waals surface area contributed by atoms with E-state index in [9.17, 15) is 9.36 Å². The standard InChI is InChI=1S/C16H25Cl2N4O3P/c17-7-9-22(10-8-18)26(24)21-15(6-11-25-26)20-16(23)14(19)12-13-4-2-1-3-5-13/h1-5,14-15H,6-12,19H2,(H,20,23)(H,21,24)/t14-,15+,26?/m0/s1. The molecule has 146 valence electrons. The molecule has 1 aliphatic rings. The molecular weight excluding hydrogens is 398 g/mol. The predicted molar refractivity (Wildman–Crippen MR) is 104 cm³/mol. The summed E-state index contributed by atoms with van der Waals surface area (Å²) in [5.41, 5.74) is 6.99. The Labute approximate surface area is 164 Å². The largest absolute Gasteiger partial charge is 0.345 e. The van der Waals surface area contributed by atoms with Gasteiger partial charge in [0.05, 0.1) is 18.8 Å². The molecule has 4 N–H and O–H groups in total. The van der Waals surface area contributed by atoms with E-state index in [1.165, 1.54) is 0 Å². The molecule has 7 nitrogen and oxygen atoms in total. The van der Waals surface area contributed by atoms with Crippen molar-refractivity contribution < 1.29 is 13.9 Å². The Morgan fingerprint density at radius 1 is 1.35 bits per heavy atom. The first-order valence-corrected chi connectivity index (χ1v) is 11.1. The van der Waals surface area contributed by atoms with Crippen LogP contribution in [0.1, 0.15) is 12.0 Å². The Balaban J connectivity index is 1.94. The highest BCUT2D eigenvalue weighted by Crippen LogP contribution is 2.49. The number of benzene rings is 1. The number of rotatable bonds is 9. The van der Waals surface area contributed by atoms with Crippen molar-refractivity contribution in [1.82, 2.24) is 15.1 Å². The predicted octanol–water partition coefficient (Wildman–Crippen LogP) is 1.90. The smallest absolute Gasteiger partial charge is 0.339 e. The summed E-state index contributed by atoms with van der Waals surface area (Å²) >= 11 is 11.6. The van der Waals surface area contributed by atoms with E-state index >= 15 is 0 Å². The average molecular weight is 423 g/mol. The lowest BCUT2D eigenvalue weighted by atomic mass is 10.1. The Hall–Kier alpha value is -0.660. The van der Waals surface area contributed by atoms with Crippen molar-refractivity contribution in [3.05, 3.63) is 35.9 Å². The van der Waals surface area contributed by atoms with E-state index in [0.29, 0.717) is 37.7 Å². The molecule has 10 heteroatoms. The van der Waals surface area contributed by atoms with Gasteiger partial charge in [0.15, 0.2) is 0 Å². The van der Waals surface area contributed by atoms with E-state index in [1.807, 2.05) is 30.3 Å². The summed E-state index contributed by atoms with van der Waals surface area (Å²) in [4.78, 5) is 12.4. The topological polar surface area (TPSA) is 96.7 Å². The molecule has 0 radical (unpaired) electrons. The molecule has 1 aromatic rings. The van der Waals surface area contributed by atoms with Gasteiger partial charge in [0.1, 0.15) is 0 Å². The maximum Gasteiger partial charge on any atom is 0.345 e. The van der Waals surface area contributed by atoms with E-state index < -0.39 is 19.9 Å². The van der Waals surface area contributed by atoms with Crippen molar-refractivity contribution >= 4 is 36.8 Å². The number of hydrogen-bond donors (Lipinski definition) is 3. The van der Waals surface area contributed by atoms with Crippen LogP contribution in [0.5, 0.6) is 0 Å². The van der Waals surface area contributed by atoms with Crippen LogP contribution in [-0.4, -0.2) is 54.2 Å². The van der Waals surface area contributed by atoms with E-state index in [4.69, 9.17) is 33.5 Å². The van der Waals surface area contributed by atoms with Crippen molar-refractivity contribution in [2.75, 3.05) is 31.5 Å². The van der Waals surface area contributed by atoms with Crippen LogP contribution in [0, 0.1) is 0 Å². The fourth-order valence-corrected chi connectivity index (χ4v) is 5.38. The van der Waals surface area contributed by atoms with Crippen molar-refractivity contribution in [3.8, 4) is 0 Å². The van der Waals surface area contributed by atoms with E-state index in [2.05, 4.69) is 10.4 Å². The Kier molecular flexibility index (Phi) is 8.84. The molecule has 3 atom stereocenters. The monoisotopic (exact) mass is 422 g/mol. The van der Waals surface area contributed by atoms with Gasteiger partial charge in [0, 0.05) is 31.3 Å². The van der Waals surface area contributed by atoms with Crippen LogP contribution in [0.2, 0.25) is 0 Å². The molecule has 0 spiro atoms. The number of alkyl halides is 2. The molecule has 1 saturated heterocycles. The highest BCUT2D eigenvalue weighted by Gasteiger charge is 2.38. The lowest BCUT2D eigenvalue weighted by Crippen LogP contribution is -2.54. The first kappa shape index (κ1) is 21.6. The van der Waals surface area contributed by atoms with Gasteiger partial charge in [-0.25, -0.2) is 9.76 Å². The second kappa shape index (κ2) is 10.6. The number of carbonyl (C=O) groups is 1. The molecule has 0 aromatic heterocycles. The molecule has 1 amide bonds. The number of carbonyl (C=O) groups excluding carboxylic acids is 1. The zero-order valence-electron chi connectivity index (χ0n) is 14.4. The van der Waals surface area contributed by atoms with Gasteiger partial charge in [-0.1, -0.05) is 30.3 Å². The van der Waals surface area contributed by atoms with Crippen LogP contribution in [0.25, 0.3) is 0 Å². The maximum absolute atomic E-state index is 13.1. The molecule has 0 bridgehead atoms. The van der Waals surface area contributed by atoms with Crippen LogP contribution in [-0.2, 0) is 20.3 Å². The average Bonchev–Trinajstić information content (AvgIpc) is 2.62. The first-order valence-electron chi connectivity index (χ1n) is 8.48. The summed E-state index contributed by atoms with van der Waals surface area (Å²) in [5.74, 6) is 0.288. The molecular formula is C16H25Cl2N4O3P. The minimum absolute atomic E-state index is 0.254. The summed E-state index contributed by atoms with van der Waals surface area (Å²) in [6.45, 7) is 0.990. The summed E-state index contributed by atoms with van der Waals surface area (Å²) in [7, 11) is -3.31. The number of nitrogens with two attached hydrogens (primary N) is 1. The lowest BCUT2D eigenvalue weighted by Gasteiger charge is -2.37. The number of hydrogen-bond acceptors (Lipinski definition) is 4. The Bertz CT molecular complexity index is 617. The number of halogens is 2. The van der Waals surface area contributed by atoms with Crippen LogP contribution in [0.15, 0.2) is 30.3 Å². The number of nitrogens with zero attached hydrogens (tertiary/aromatic N) is 1. The molecule has 0 aliphatic carbocycles. The van der Waals surface area contributed by atoms with Crippen molar-refractivity contribution in [3.63, 3.8) is 0 Å². The van der Waals surface area contributed by atoms with Crippen LogP contribution in [0.4, 0.5) is 0 Å². The highest BCUT2D eigenvalue weighted by atomic mass is 35.5. The van der Waals surface area contributed by atoms with Crippen molar-refractivity contribution in [2.24, 2.45) is 5.73 Å². The van der Waals surface area contributed by atoms with Gasteiger partial charge in [-0.3, -0.25) is 9.36 Å². The second-order valence-electron chi connectivity index (χ2n) is 5.96. The van der Waals surface area contributed by atoms with Gasteiger partial charge in [0.2, 0.25) is 5.91 Å². The highest BCUT2D eigenvalue weighted by molar-refractivity contribution is 7.54. The van der Waals surface area contributed by atoms with Crippen molar-refractivity contribution in [2.45, 2.75) is 25.0 Å². The zero-order valence-corrected chi connectivity index (χ0v) is 16.8. The fraction of sp³-hybridized carbons (Fsp3) is 0.562. The Morgan fingerprint density at radius 2 is 2.00 bits per heavy atom. The Morgan fingerprint density at radius 3 is 2.62 bits per heavy atom. The maximum atomic E-state index is 13.1. The minimum Gasteiger partial charge on any atom is -0.339 e. The minimum atomic E-state index is -3.31. The van der Waals surface area contributed by atoms with Gasteiger partial charge in [0.25, 0.3) is 0 Å². The van der Waals surface area contributed by atoms with Gasteiger partial charge in [-0.15, -0.1) is 23.2 Å². The van der Waals surface area contributed by atoms with E-state index in [0.717, 1.165) is 5.56 Å². The zero-order chi connectivity index (χ0) is 19.0. The molecule has 1 aliphatic heterocycles. The van der Waals surface area contributed by atoms with Crippen LogP contribution < -0.4 is 16.1 Å². The fourth-order valence-electron chi connectivity index (χ4n) is 2.67. The van der Waals surface area contributed by atoms with Gasteiger partial charge >= 0.3 is 7.67 Å². The SMILES string of the molecule is N[C@@H](Cc1ccccc1)C(=O)N[C@H]1CCOP(=O)(N(CCCl)CCCl)N1. The van der Waals surface area contributed by atoms with E-state index in [1.54, 1.807) is 4.67 Å².